The van der Waals surface area contributed by atoms with Crippen molar-refractivity contribution in [2.45, 2.75) is 13.3 Å². The maximum Gasteiger partial charge on any atom is 0.221 e. The number of ether oxygens (including phenoxy) is 1. The zero-order valence-corrected chi connectivity index (χ0v) is 9.33. The van der Waals surface area contributed by atoms with Crippen molar-refractivity contribution in [3.8, 4) is 5.75 Å². The van der Waals surface area contributed by atoms with E-state index in [2.05, 4.69) is 4.98 Å². The summed E-state index contributed by atoms with van der Waals surface area (Å²) in [5.74, 6) is 0.444. The minimum atomic E-state index is -0.330. The van der Waals surface area contributed by atoms with Crippen LogP contribution in [0.1, 0.15) is 11.1 Å². The Kier molecular flexibility index (Phi) is 2.56. The van der Waals surface area contributed by atoms with Gasteiger partial charge in [-0.15, -0.1) is 0 Å². The van der Waals surface area contributed by atoms with Crippen LogP contribution < -0.4 is 10.5 Å². The molecule has 1 aromatic heterocycles. The van der Waals surface area contributed by atoms with E-state index >= 15 is 0 Å². The number of rotatable bonds is 3. The molecule has 0 spiro atoms. The van der Waals surface area contributed by atoms with Crippen molar-refractivity contribution in [1.29, 1.82) is 0 Å². The minimum Gasteiger partial charge on any atom is -0.495 e. The molecule has 0 saturated carbocycles. The Labute approximate surface area is 93.4 Å². The molecule has 0 atom stereocenters. The number of hydrogen-bond donors (Lipinski definition) is 2. The van der Waals surface area contributed by atoms with Gasteiger partial charge in [-0.2, -0.15) is 0 Å². The zero-order chi connectivity index (χ0) is 11.7. The van der Waals surface area contributed by atoms with Crippen molar-refractivity contribution in [2.24, 2.45) is 5.73 Å². The molecule has 0 aliphatic heterocycles. The van der Waals surface area contributed by atoms with E-state index in [0.29, 0.717) is 0 Å². The highest BCUT2D eigenvalue weighted by atomic mass is 16.5. The monoisotopic (exact) mass is 218 g/mol. The van der Waals surface area contributed by atoms with Crippen molar-refractivity contribution >= 4 is 16.8 Å². The second-order valence-electron chi connectivity index (χ2n) is 3.79. The second kappa shape index (κ2) is 3.89. The summed E-state index contributed by atoms with van der Waals surface area (Å²) in [5, 5.41) is 1.03. The van der Waals surface area contributed by atoms with Gasteiger partial charge in [0.2, 0.25) is 5.91 Å². The summed E-state index contributed by atoms with van der Waals surface area (Å²) in [6.45, 7) is 2.00. The Bertz CT molecular complexity index is 543. The van der Waals surface area contributed by atoms with Gasteiger partial charge in [0.1, 0.15) is 5.75 Å². The maximum atomic E-state index is 11.0. The molecule has 0 aliphatic rings. The van der Waals surface area contributed by atoms with Crippen LogP contribution in [-0.2, 0) is 11.2 Å². The third-order valence-corrected chi connectivity index (χ3v) is 2.67. The normalized spacial score (nSPS) is 10.6. The van der Waals surface area contributed by atoms with Crippen molar-refractivity contribution in [2.75, 3.05) is 7.11 Å². The molecule has 16 heavy (non-hydrogen) atoms. The summed E-state index contributed by atoms with van der Waals surface area (Å²) < 4.78 is 5.25. The van der Waals surface area contributed by atoms with Crippen LogP contribution in [0.4, 0.5) is 0 Å². The second-order valence-corrected chi connectivity index (χ2v) is 3.79. The first kappa shape index (κ1) is 10.5. The van der Waals surface area contributed by atoms with Gasteiger partial charge < -0.3 is 15.5 Å². The number of nitrogens with one attached hydrogen (secondary N) is 1. The highest BCUT2D eigenvalue weighted by Gasteiger charge is 2.11. The Balaban J connectivity index is 2.65. The molecule has 1 amide bonds. The third kappa shape index (κ3) is 1.62. The van der Waals surface area contributed by atoms with Gasteiger partial charge >= 0.3 is 0 Å². The van der Waals surface area contributed by atoms with Gasteiger partial charge in [0.15, 0.2) is 0 Å². The number of primary amides is 1. The van der Waals surface area contributed by atoms with E-state index in [0.717, 1.165) is 27.8 Å². The van der Waals surface area contributed by atoms with Crippen LogP contribution in [0.5, 0.6) is 5.75 Å². The topological polar surface area (TPSA) is 68.1 Å². The molecule has 0 fully saturated rings. The van der Waals surface area contributed by atoms with E-state index in [1.807, 2.05) is 25.3 Å². The number of aromatic amines is 1. The quantitative estimate of drug-likeness (QED) is 0.820. The smallest absolute Gasteiger partial charge is 0.221 e. The first-order chi connectivity index (χ1) is 7.63. The number of nitrogens with two attached hydrogens (primary N) is 1. The number of aryl methyl sites for hydroxylation is 1. The van der Waals surface area contributed by atoms with Crippen molar-refractivity contribution in [1.82, 2.24) is 4.98 Å². The van der Waals surface area contributed by atoms with E-state index < -0.39 is 0 Å². The first-order valence-electron chi connectivity index (χ1n) is 5.05. The molecule has 0 saturated heterocycles. The van der Waals surface area contributed by atoms with E-state index in [9.17, 15) is 4.79 Å². The fraction of sp³-hybridized carbons (Fsp3) is 0.250. The van der Waals surface area contributed by atoms with Crippen LogP contribution >= 0.6 is 0 Å². The lowest BCUT2D eigenvalue weighted by Crippen LogP contribution is -2.13. The molecule has 2 rings (SSSR count). The van der Waals surface area contributed by atoms with Gasteiger partial charge in [-0.1, -0.05) is 6.07 Å². The summed E-state index contributed by atoms with van der Waals surface area (Å²) in [7, 11) is 1.62. The van der Waals surface area contributed by atoms with Crippen LogP contribution in [0.2, 0.25) is 0 Å². The van der Waals surface area contributed by atoms with Gasteiger partial charge in [0.05, 0.1) is 19.0 Å². The molecule has 1 heterocycles. The Hall–Kier alpha value is -1.97. The number of benzene rings is 1. The lowest BCUT2D eigenvalue weighted by Gasteiger charge is -2.04. The van der Waals surface area contributed by atoms with E-state index in [-0.39, 0.29) is 12.3 Å². The number of carbonyl (C=O) groups is 1. The summed E-state index contributed by atoms with van der Waals surface area (Å²) in [6.07, 6.45) is 2.05. The van der Waals surface area contributed by atoms with E-state index in [4.69, 9.17) is 10.5 Å². The molecular weight excluding hydrogens is 204 g/mol. The minimum absolute atomic E-state index is 0.244. The lowest BCUT2D eigenvalue weighted by molar-refractivity contribution is -0.117. The summed E-state index contributed by atoms with van der Waals surface area (Å²) in [5.41, 5.74) is 8.15. The average Bonchev–Trinajstić information content (AvgIpc) is 2.63. The number of H-pyrrole nitrogens is 1. The number of carbonyl (C=O) groups excluding carboxylic acids is 1. The largest absolute Gasteiger partial charge is 0.495 e. The standard InChI is InChI=1S/C12H14N2O2/c1-7-3-4-9(16-2)12-11(7)8(6-14-12)5-10(13)15/h3-4,6,14H,5H2,1-2H3,(H2,13,15). The van der Waals surface area contributed by atoms with Gasteiger partial charge in [0.25, 0.3) is 0 Å². The number of fused-ring (bicyclic) bond motifs is 1. The molecule has 0 bridgehead atoms. The average molecular weight is 218 g/mol. The fourth-order valence-corrected chi connectivity index (χ4v) is 1.97. The molecule has 0 unspecified atom stereocenters. The molecule has 4 heteroatoms. The Morgan fingerprint density at radius 3 is 2.88 bits per heavy atom. The van der Waals surface area contributed by atoms with Crippen molar-refractivity contribution < 1.29 is 9.53 Å². The van der Waals surface area contributed by atoms with Crippen LogP contribution in [0.25, 0.3) is 10.9 Å². The van der Waals surface area contributed by atoms with Crippen molar-refractivity contribution in [3.05, 3.63) is 29.5 Å². The highest BCUT2D eigenvalue weighted by molar-refractivity contribution is 5.94. The third-order valence-electron chi connectivity index (χ3n) is 2.67. The van der Waals surface area contributed by atoms with Crippen molar-refractivity contribution in [3.63, 3.8) is 0 Å². The Morgan fingerprint density at radius 2 is 2.25 bits per heavy atom. The summed E-state index contributed by atoms with van der Waals surface area (Å²) in [6, 6.07) is 3.88. The van der Waals surface area contributed by atoms with E-state index in [1.54, 1.807) is 7.11 Å². The highest BCUT2D eigenvalue weighted by Crippen LogP contribution is 2.30. The zero-order valence-electron chi connectivity index (χ0n) is 9.33. The molecule has 4 nitrogen and oxygen atoms in total. The van der Waals surface area contributed by atoms with Gasteiger partial charge in [-0.25, -0.2) is 0 Å². The fourth-order valence-electron chi connectivity index (χ4n) is 1.97. The number of methoxy groups -OCH3 is 1. The SMILES string of the molecule is COc1ccc(C)c2c(CC(N)=O)c[nH]c12. The number of amides is 1. The summed E-state index contributed by atoms with van der Waals surface area (Å²) >= 11 is 0. The molecule has 3 N–H and O–H groups in total. The molecule has 84 valence electrons. The first-order valence-corrected chi connectivity index (χ1v) is 5.05. The van der Waals surface area contributed by atoms with Gasteiger partial charge in [-0.05, 0) is 24.1 Å². The van der Waals surface area contributed by atoms with Crippen LogP contribution in [0, 0.1) is 6.92 Å². The van der Waals surface area contributed by atoms with Crippen LogP contribution in [0.15, 0.2) is 18.3 Å². The van der Waals surface area contributed by atoms with Crippen LogP contribution in [-0.4, -0.2) is 18.0 Å². The number of aromatic nitrogens is 1. The molecule has 2 aromatic rings. The molecular formula is C12H14N2O2. The van der Waals surface area contributed by atoms with Gasteiger partial charge in [0, 0.05) is 11.6 Å². The lowest BCUT2D eigenvalue weighted by atomic mass is 10.0. The summed E-state index contributed by atoms with van der Waals surface area (Å²) in [4.78, 5) is 14.1. The Morgan fingerprint density at radius 1 is 1.50 bits per heavy atom. The predicted molar refractivity (Wildman–Crippen MR) is 62.5 cm³/mol. The molecule has 0 radical (unpaired) electrons. The van der Waals surface area contributed by atoms with Crippen LogP contribution in [0.3, 0.4) is 0 Å². The van der Waals surface area contributed by atoms with E-state index in [1.165, 1.54) is 0 Å². The predicted octanol–water partition coefficient (Wildman–Crippen LogP) is 1.51. The molecule has 0 aliphatic carbocycles. The van der Waals surface area contributed by atoms with Gasteiger partial charge in [-0.3, -0.25) is 4.79 Å². The maximum absolute atomic E-state index is 11.0. The number of hydrogen-bond acceptors (Lipinski definition) is 2. The molecule has 1 aromatic carbocycles.